The summed E-state index contributed by atoms with van der Waals surface area (Å²) in [6.45, 7) is 4.76. The Balaban J connectivity index is 1.58. The Morgan fingerprint density at radius 2 is 1.89 bits per heavy atom. The van der Waals surface area contributed by atoms with Crippen LogP contribution in [0.3, 0.4) is 0 Å². The number of benzene rings is 2. The van der Waals surface area contributed by atoms with Gasteiger partial charge in [0.2, 0.25) is 5.95 Å². The first-order valence-corrected chi connectivity index (χ1v) is 9.27. The second-order valence-electron chi connectivity index (χ2n) is 6.60. The van der Waals surface area contributed by atoms with Gasteiger partial charge in [-0.15, -0.1) is 0 Å². The fourth-order valence-corrected chi connectivity index (χ4v) is 3.28. The molecule has 7 heteroatoms. The largest absolute Gasteiger partial charge is 0.495 e. The summed E-state index contributed by atoms with van der Waals surface area (Å²) in [7, 11) is 1.60. The Morgan fingerprint density at radius 3 is 2.68 bits per heavy atom. The average molecular weight is 394 g/mol. The van der Waals surface area contributed by atoms with Gasteiger partial charge in [0, 0.05) is 12.7 Å². The van der Waals surface area contributed by atoms with Gasteiger partial charge < -0.3 is 10.1 Å². The minimum Gasteiger partial charge on any atom is -0.495 e. The number of ether oxygens (including phenoxy) is 1. The summed E-state index contributed by atoms with van der Waals surface area (Å²) in [6, 6.07) is 11.7. The predicted octanol–water partition coefficient (Wildman–Crippen LogP) is 4.71. The molecule has 0 spiro atoms. The molecule has 2 aromatic carbocycles. The van der Waals surface area contributed by atoms with Crippen molar-refractivity contribution in [3.63, 3.8) is 0 Å². The van der Waals surface area contributed by atoms with E-state index in [2.05, 4.69) is 46.2 Å². The van der Waals surface area contributed by atoms with Crippen molar-refractivity contribution in [3.05, 3.63) is 70.6 Å². The molecule has 0 atom stereocenters. The molecule has 0 aliphatic carbocycles. The van der Waals surface area contributed by atoms with E-state index in [1.165, 1.54) is 11.1 Å². The Hall–Kier alpha value is -3.12. The van der Waals surface area contributed by atoms with E-state index < -0.39 is 0 Å². The number of anilines is 1. The van der Waals surface area contributed by atoms with Gasteiger partial charge >= 0.3 is 0 Å². The Kier molecular flexibility index (Phi) is 4.88. The van der Waals surface area contributed by atoms with Gasteiger partial charge in [-0.25, -0.2) is 9.97 Å². The zero-order chi connectivity index (χ0) is 19.7. The summed E-state index contributed by atoms with van der Waals surface area (Å²) in [4.78, 5) is 13.5. The van der Waals surface area contributed by atoms with Crippen LogP contribution < -0.4 is 10.1 Å². The number of imidazole rings is 1. The molecular formula is C21H20ClN5O. The van der Waals surface area contributed by atoms with Crippen LogP contribution in [0.25, 0.3) is 17.0 Å². The normalized spacial score (nSPS) is 11.0. The molecule has 0 fully saturated rings. The molecule has 0 unspecified atom stereocenters. The summed E-state index contributed by atoms with van der Waals surface area (Å²) in [6.07, 6.45) is 3.49. The highest BCUT2D eigenvalue weighted by Gasteiger charge is 2.10. The zero-order valence-electron chi connectivity index (χ0n) is 15.9. The molecule has 0 aliphatic heterocycles. The molecule has 0 radical (unpaired) electrons. The number of hydrogen-bond donors (Lipinski definition) is 1. The average Bonchev–Trinajstić information content (AvgIpc) is 3.09. The van der Waals surface area contributed by atoms with E-state index in [1.807, 2.05) is 28.8 Å². The smallest absolute Gasteiger partial charge is 0.237 e. The third-order valence-electron chi connectivity index (χ3n) is 4.71. The van der Waals surface area contributed by atoms with Crippen molar-refractivity contribution in [2.24, 2.45) is 0 Å². The lowest BCUT2D eigenvalue weighted by Crippen LogP contribution is -2.06. The maximum absolute atomic E-state index is 6.19. The molecule has 0 saturated carbocycles. The van der Waals surface area contributed by atoms with E-state index in [0.717, 1.165) is 22.4 Å². The third-order valence-corrected chi connectivity index (χ3v) is 5.01. The summed E-state index contributed by atoms with van der Waals surface area (Å²) in [5.41, 5.74) is 5.37. The number of rotatable bonds is 5. The van der Waals surface area contributed by atoms with Gasteiger partial charge in [-0.1, -0.05) is 17.7 Å². The van der Waals surface area contributed by atoms with Crippen LogP contribution in [-0.2, 0) is 6.54 Å². The number of aromatic nitrogens is 4. The number of nitrogens with zero attached hydrogens (tertiary/aromatic N) is 4. The molecule has 142 valence electrons. The second-order valence-corrected chi connectivity index (χ2v) is 7.01. The van der Waals surface area contributed by atoms with Crippen LogP contribution in [0, 0.1) is 13.8 Å². The van der Waals surface area contributed by atoms with E-state index in [9.17, 15) is 0 Å². The van der Waals surface area contributed by atoms with Crippen molar-refractivity contribution in [1.82, 2.24) is 19.5 Å². The molecule has 28 heavy (non-hydrogen) atoms. The molecule has 0 amide bonds. The van der Waals surface area contributed by atoms with Crippen molar-refractivity contribution in [1.29, 1.82) is 0 Å². The fourth-order valence-electron chi connectivity index (χ4n) is 3.00. The first-order chi connectivity index (χ1) is 13.5. The SMILES string of the molecule is COc1ccc(CNc2ccnc(-n3cnc4cc(C)c(C)cc43)n2)cc1Cl. The highest BCUT2D eigenvalue weighted by Crippen LogP contribution is 2.25. The number of aryl methyl sites for hydroxylation is 2. The molecule has 4 rings (SSSR count). The van der Waals surface area contributed by atoms with Crippen molar-refractivity contribution >= 4 is 28.5 Å². The number of nitrogens with one attached hydrogen (secondary N) is 1. The quantitative estimate of drug-likeness (QED) is 0.532. The monoisotopic (exact) mass is 393 g/mol. The Morgan fingerprint density at radius 1 is 1.07 bits per heavy atom. The molecule has 0 bridgehead atoms. The second kappa shape index (κ2) is 7.48. The molecule has 0 saturated heterocycles. The number of hydrogen-bond acceptors (Lipinski definition) is 5. The van der Waals surface area contributed by atoms with Crippen LogP contribution >= 0.6 is 11.6 Å². The molecule has 4 aromatic rings. The summed E-state index contributed by atoms with van der Waals surface area (Å²) in [5.74, 6) is 1.96. The van der Waals surface area contributed by atoms with Gasteiger partial charge in [-0.05, 0) is 60.9 Å². The zero-order valence-corrected chi connectivity index (χ0v) is 16.7. The van der Waals surface area contributed by atoms with Crippen LogP contribution in [0.15, 0.2) is 48.9 Å². The Labute approximate surface area is 168 Å². The molecule has 1 N–H and O–H groups in total. The fraction of sp³-hybridized carbons (Fsp3) is 0.190. The maximum Gasteiger partial charge on any atom is 0.237 e. The molecule has 2 heterocycles. The lowest BCUT2D eigenvalue weighted by Gasteiger charge is -2.10. The lowest BCUT2D eigenvalue weighted by atomic mass is 10.1. The minimum atomic E-state index is 0.573. The van der Waals surface area contributed by atoms with Crippen LogP contribution in [0.1, 0.15) is 16.7 Å². The van der Waals surface area contributed by atoms with Crippen molar-refractivity contribution in [2.75, 3.05) is 12.4 Å². The van der Waals surface area contributed by atoms with Gasteiger partial charge in [0.15, 0.2) is 0 Å². The van der Waals surface area contributed by atoms with Crippen molar-refractivity contribution in [3.8, 4) is 11.7 Å². The molecule has 2 aromatic heterocycles. The van der Waals surface area contributed by atoms with Gasteiger partial charge in [-0.3, -0.25) is 4.57 Å². The predicted molar refractivity (Wildman–Crippen MR) is 111 cm³/mol. The van der Waals surface area contributed by atoms with Gasteiger partial charge in [0.25, 0.3) is 0 Å². The number of halogens is 1. The first kappa shape index (κ1) is 18.3. The maximum atomic E-state index is 6.19. The van der Waals surface area contributed by atoms with Crippen molar-refractivity contribution < 1.29 is 4.74 Å². The molecular weight excluding hydrogens is 374 g/mol. The first-order valence-electron chi connectivity index (χ1n) is 8.89. The van der Waals surface area contributed by atoms with E-state index in [1.54, 1.807) is 19.6 Å². The third kappa shape index (κ3) is 3.51. The number of methoxy groups -OCH3 is 1. The van der Waals surface area contributed by atoms with Gasteiger partial charge in [0.05, 0.1) is 23.2 Å². The van der Waals surface area contributed by atoms with E-state index in [0.29, 0.717) is 23.3 Å². The minimum absolute atomic E-state index is 0.573. The molecule has 0 aliphatic rings. The summed E-state index contributed by atoms with van der Waals surface area (Å²) < 4.78 is 7.09. The van der Waals surface area contributed by atoms with Crippen LogP contribution in [0.5, 0.6) is 5.75 Å². The summed E-state index contributed by atoms with van der Waals surface area (Å²) >= 11 is 6.19. The lowest BCUT2D eigenvalue weighted by molar-refractivity contribution is 0.415. The van der Waals surface area contributed by atoms with Crippen LogP contribution in [0.4, 0.5) is 5.82 Å². The topological polar surface area (TPSA) is 64.9 Å². The van der Waals surface area contributed by atoms with Crippen LogP contribution in [0.2, 0.25) is 5.02 Å². The van der Waals surface area contributed by atoms with Crippen LogP contribution in [-0.4, -0.2) is 26.6 Å². The van der Waals surface area contributed by atoms with E-state index in [4.69, 9.17) is 16.3 Å². The summed E-state index contributed by atoms with van der Waals surface area (Å²) in [5, 5.41) is 3.90. The van der Waals surface area contributed by atoms with Crippen molar-refractivity contribution in [2.45, 2.75) is 20.4 Å². The molecule has 6 nitrogen and oxygen atoms in total. The highest BCUT2D eigenvalue weighted by molar-refractivity contribution is 6.32. The van der Waals surface area contributed by atoms with E-state index >= 15 is 0 Å². The van der Waals surface area contributed by atoms with Gasteiger partial charge in [0.1, 0.15) is 17.9 Å². The standard InChI is InChI=1S/C21H20ClN5O/c1-13-8-17-18(9-14(13)2)27(12-25-17)21-23-7-6-20(26-21)24-11-15-4-5-19(28-3)16(22)10-15/h4-10,12H,11H2,1-3H3,(H,23,24,26). The number of fused-ring (bicyclic) bond motifs is 1. The highest BCUT2D eigenvalue weighted by atomic mass is 35.5. The Bertz CT molecular complexity index is 1150. The van der Waals surface area contributed by atoms with E-state index in [-0.39, 0.29) is 0 Å². The van der Waals surface area contributed by atoms with Gasteiger partial charge in [-0.2, -0.15) is 4.98 Å².